The average Bonchev–Trinajstić information content (AvgIpc) is 2.99. The Morgan fingerprint density at radius 1 is 1.14 bits per heavy atom. The van der Waals surface area contributed by atoms with Gasteiger partial charge < -0.3 is 5.32 Å². The van der Waals surface area contributed by atoms with Crippen LogP contribution in [0.5, 0.6) is 0 Å². The molecule has 0 aliphatic carbocycles. The maximum Gasteiger partial charge on any atom is 0.161 e. The van der Waals surface area contributed by atoms with Crippen molar-refractivity contribution in [2.75, 3.05) is 11.1 Å². The number of nitrogens with one attached hydrogen (secondary N) is 1. The lowest BCUT2D eigenvalue weighted by Gasteiger charge is -2.13. The van der Waals surface area contributed by atoms with Gasteiger partial charge in [0.1, 0.15) is 0 Å². The van der Waals surface area contributed by atoms with Gasteiger partial charge in [-0.3, -0.25) is 4.99 Å². The van der Waals surface area contributed by atoms with E-state index in [1.807, 2.05) is 0 Å². The molecule has 1 unspecified atom stereocenters. The fourth-order valence-corrected chi connectivity index (χ4v) is 3.56. The molecule has 1 atom stereocenters. The minimum atomic E-state index is 0.271. The van der Waals surface area contributed by atoms with E-state index in [1.54, 1.807) is 11.8 Å². The van der Waals surface area contributed by atoms with Crippen LogP contribution in [0.25, 0.3) is 0 Å². The molecule has 0 spiro atoms. The molecule has 21 heavy (non-hydrogen) atoms. The molecule has 3 rings (SSSR count). The van der Waals surface area contributed by atoms with E-state index >= 15 is 0 Å². The number of aliphatic imine (C=N–C) groups is 1. The lowest BCUT2D eigenvalue weighted by atomic mass is 10.1. The van der Waals surface area contributed by atoms with Gasteiger partial charge in [-0.25, -0.2) is 0 Å². The molecule has 0 bridgehead atoms. The van der Waals surface area contributed by atoms with E-state index in [4.69, 9.17) is 4.99 Å². The number of rotatable bonds is 3. The van der Waals surface area contributed by atoms with Gasteiger partial charge in [0.15, 0.2) is 5.17 Å². The van der Waals surface area contributed by atoms with Crippen molar-refractivity contribution >= 4 is 22.6 Å². The van der Waals surface area contributed by atoms with Gasteiger partial charge >= 0.3 is 0 Å². The molecule has 0 saturated carbocycles. The third-order valence-corrected chi connectivity index (χ3v) is 4.77. The Labute approximate surface area is 130 Å². The fourth-order valence-electron chi connectivity index (χ4n) is 2.60. The summed E-state index contributed by atoms with van der Waals surface area (Å²) in [6.45, 7) is 4.34. The lowest BCUT2D eigenvalue weighted by Crippen LogP contribution is -2.08. The van der Waals surface area contributed by atoms with E-state index in [1.165, 1.54) is 22.4 Å². The normalized spacial score (nSPS) is 17.6. The van der Waals surface area contributed by atoms with Crippen molar-refractivity contribution in [1.29, 1.82) is 0 Å². The Morgan fingerprint density at radius 2 is 1.95 bits per heavy atom. The second-order valence-electron chi connectivity index (χ2n) is 5.26. The van der Waals surface area contributed by atoms with E-state index in [-0.39, 0.29) is 6.04 Å². The molecule has 0 radical (unpaired) electrons. The molecule has 1 aliphatic rings. The third-order valence-electron chi connectivity index (χ3n) is 3.81. The highest BCUT2D eigenvalue weighted by molar-refractivity contribution is 8.14. The van der Waals surface area contributed by atoms with Gasteiger partial charge in [0.05, 0.1) is 6.04 Å². The van der Waals surface area contributed by atoms with Crippen LogP contribution in [0.4, 0.5) is 5.69 Å². The van der Waals surface area contributed by atoms with Crippen LogP contribution in [-0.4, -0.2) is 10.9 Å². The number of thioether (sulfide) groups is 1. The van der Waals surface area contributed by atoms with Crippen LogP contribution < -0.4 is 5.32 Å². The minimum absolute atomic E-state index is 0.271. The Hall–Kier alpha value is -1.74. The fraction of sp³-hybridized carbons (Fsp3) is 0.278. The highest BCUT2D eigenvalue weighted by Crippen LogP contribution is 2.32. The Morgan fingerprint density at radius 3 is 2.71 bits per heavy atom. The van der Waals surface area contributed by atoms with E-state index in [9.17, 15) is 0 Å². The molecular formula is C18H20N2S. The molecule has 108 valence electrons. The predicted molar refractivity (Wildman–Crippen MR) is 93.3 cm³/mol. The molecule has 1 aliphatic heterocycles. The van der Waals surface area contributed by atoms with Crippen LogP contribution in [0.3, 0.4) is 0 Å². The number of amidine groups is 1. The van der Waals surface area contributed by atoms with Gasteiger partial charge in [-0.15, -0.1) is 0 Å². The molecule has 2 aromatic rings. The summed E-state index contributed by atoms with van der Waals surface area (Å²) in [6, 6.07) is 17.2. The summed E-state index contributed by atoms with van der Waals surface area (Å²) in [6.07, 6.45) is 1.03. The molecular weight excluding hydrogens is 276 g/mol. The number of para-hydroxylation sites is 1. The summed E-state index contributed by atoms with van der Waals surface area (Å²) in [4.78, 5) is 4.84. The molecule has 0 amide bonds. The van der Waals surface area contributed by atoms with Crippen molar-refractivity contribution in [3.8, 4) is 0 Å². The predicted octanol–water partition coefficient (Wildman–Crippen LogP) is 4.81. The average molecular weight is 296 g/mol. The van der Waals surface area contributed by atoms with Crippen molar-refractivity contribution in [2.24, 2.45) is 4.99 Å². The molecule has 3 heteroatoms. The zero-order chi connectivity index (χ0) is 14.7. The van der Waals surface area contributed by atoms with Gasteiger partial charge in [-0.1, -0.05) is 67.2 Å². The Kier molecular flexibility index (Phi) is 4.30. The van der Waals surface area contributed by atoms with Crippen molar-refractivity contribution in [2.45, 2.75) is 26.3 Å². The standard InChI is InChI=1S/C18H20N2S/c1-3-14-11-7-8-13(2)17(14)20-18-19-16(12-21-18)15-9-5-4-6-10-15/h4-11,16H,3,12H2,1-2H3,(H,19,20). The summed E-state index contributed by atoms with van der Waals surface area (Å²) in [5, 5.41) is 4.58. The quantitative estimate of drug-likeness (QED) is 0.878. The van der Waals surface area contributed by atoms with E-state index in [0.717, 1.165) is 17.3 Å². The zero-order valence-electron chi connectivity index (χ0n) is 12.5. The first kappa shape index (κ1) is 14.2. The highest BCUT2D eigenvalue weighted by Gasteiger charge is 2.20. The summed E-state index contributed by atoms with van der Waals surface area (Å²) in [7, 11) is 0. The monoisotopic (exact) mass is 296 g/mol. The van der Waals surface area contributed by atoms with Gasteiger partial charge in [0.25, 0.3) is 0 Å². The second kappa shape index (κ2) is 6.35. The van der Waals surface area contributed by atoms with Gasteiger partial charge in [0.2, 0.25) is 0 Å². The first-order valence-corrected chi connectivity index (χ1v) is 8.37. The van der Waals surface area contributed by atoms with Crippen LogP contribution in [0, 0.1) is 6.92 Å². The smallest absolute Gasteiger partial charge is 0.161 e. The summed E-state index contributed by atoms with van der Waals surface area (Å²) in [5.41, 5.74) is 5.14. The van der Waals surface area contributed by atoms with Crippen molar-refractivity contribution < 1.29 is 0 Å². The Balaban J connectivity index is 1.81. The zero-order valence-corrected chi connectivity index (χ0v) is 13.3. The molecule has 1 N–H and O–H groups in total. The maximum absolute atomic E-state index is 4.84. The summed E-state index contributed by atoms with van der Waals surface area (Å²) >= 11 is 1.81. The van der Waals surface area contributed by atoms with E-state index < -0.39 is 0 Å². The van der Waals surface area contributed by atoms with Crippen molar-refractivity contribution in [1.82, 2.24) is 0 Å². The molecule has 2 aromatic carbocycles. The first-order chi connectivity index (χ1) is 10.3. The number of hydrogen-bond donors (Lipinski definition) is 1. The van der Waals surface area contributed by atoms with Crippen molar-refractivity contribution in [3.63, 3.8) is 0 Å². The van der Waals surface area contributed by atoms with Gasteiger partial charge in [-0.2, -0.15) is 0 Å². The SMILES string of the molecule is CCc1cccc(C)c1NC1=NC(c2ccccc2)CS1. The van der Waals surface area contributed by atoms with Gasteiger partial charge in [-0.05, 0) is 30.0 Å². The van der Waals surface area contributed by atoms with E-state index in [0.29, 0.717) is 0 Å². The summed E-state index contributed by atoms with van der Waals surface area (Å²) < 4.78 is 0. The molecule has 1 heterocycles. The van der Waals surface area contributed by atoms with Crippen LogP contribution in [0.1, 0.15) is 29.7 Å². The lowest BCUT2D eigenvalue weighted by molar-refractivity contribution is 0.849. The minimum Gasteiger partial charge on any atom is -0.335 e. The number of anilines is 1. The third kappa shape index (κ3) is 3.13. The summed E-state index contributed by atoms with van der Waals surface area (Å²) in [5.74, 6) is 1.01. The largest absolute Gasteiger partial charge is 0.335 e. The molecule has 0 saturated heterocycles. The Bertz CT molecular complexity index is 650. The topological polar surface area (TPSA) is 24.4 Å². The van der Waals surface area contributed by atoms with Crippen LogP contribution in [-0.2, 0) is 6.42 Å². The van der Waals surface area contributed by atoms with Crippen LogP contribution in [0.15, 0.2) is 53.5 Å². The molecule has 2 nitrogen and oxygen atoms in total. The first-order valence-electron chi connectivity index (χ1n) is 7.39. The van der Waals surface area contributed by atoms with Gasteiger partial charge in [0, 0.05) is 11.4 Å². The number of nitrogens with zero attached hydrogens (tertiary/aromatic N) is 1. The number of aryl methyl sites for hydroxylation is 2. The molecule has 0 aromatic heterocycles. The molecule has 0 fully saturated rings. The maximum atomic E-state index is 4.84. The van der Waals surface area contributed by atoms with Crippen LogP contribution in [0.2, 0.25) is 0 Å². The van der Waals surface area contributed by atoms with E-state index in [2.05, 4.69) is 67.7 Å². The van der Waals surface area contributed by atoms with Crippen LogP contribution >= 0.6 is 11.8 Å². The number of benzene rings is 2. The highest BCUT2D eigenvalue weighted by atomic mass is 32.2. The second-order valence-corrected chi connectivity index (χ2v) is 6.27. The number of hydrogen-bond acceptors (Lipinski definition) is 3. The van der Waals surface area contributed by atoms with Crippen molar-refractivity contribution in [3.05, 3.63) is 65.2 Å².